The molecule has 5 heteroatoms. The van der Waals surface area contributed by atoms with Crippen LogP contribution < -0.4 is 10.5 Å². The third-order valence-electron chi connectivity index (χ3n) is 2.82. The fourth-order valence-corrected chi connectivity index (χ4v) is 1.83. The van der Waals surface area contributed by atoms with Gasteiger partial charge in [0.2, 0.25) is 5.88 Å². The van der Waals surface area contributed by atoms with Crippen molar-refractivity contribution in [3.05, 3.63) is 53.5 Å². The van der Waals surface area contributed by atoms with Gasteiger partial charge in [-0.25, -0.2) is 4.98 Å². The molecule has 2 aromatic heterocycles. The van der Waals surface area contributed by atoms with Gasteiger partial charge in [-0.05, 0) is 37.7 Å². The summed E-state index contributed by atoms with van der Waals surface area (Å²) in [6.45, 7) is 2.32. The molecule has 0 aliphatic carbocycles. The quantitative estimate of drug-likeness (QED) is 0.897. The SMILES string of the molecule is Cc1ccc(C#N)c(OC(CCN)c2ccccn2)n1. The molecule has 1 unspecified atom stereocenters. The van der Waals surface area contributed by atoms with Crippen molar-refractivity contribution >= 4 is 0 Å². The molecule has 0 radical (unpaired) electrons. The van der Waals surface area contributed by atoms with Crippen LogP contribution in [0.3, 0.4) is 0 Å². The van der Waals surface area contributed by atoms with Crippen LogP contribution in [0.25, 0.3) is 0 Å². The summed E-state index contributed by atoms with van der Waals surface area (Å²) in [5.74, 6) is 0.330. The molecule has 0 fully saturated rings. The van der Waals surface area contributed by atoms with Gasteiger partial charge < -0.3 is 10.5 Å². The summed E-state index contributed by atoms with van der Waals surface area (Å²) in [5, 5.41) is 9.11. The van der Waals surface area contributed by atoms with Crippen molar-refractivity contribution < 1.29 is 4.74 Å². The summed E-state index contributed by atoms with van der Waals surface area (Å²) in [4.78, 5) is 8.56. The van der Waals surface area contributed by atoms with E-state index in [0.717, 1.165) is 11.4 Å². The lowest BCUT2D eigenvalue weighted by Gasteiger charge is -2.18. The first kappa shape index (κ1) is 14.0. The van der Waals surface area contributed by atoms with Gasteiger partial charge in [0, 0.05) is 18.3 Å². The molecule has 2 rings (SSSR count). The number of nitrogens with two attached hydrogens (primary N) is 1. The predicted molar refractivity (Wildman–Crippen MR) is 75.0 cm³/mol. The zero-order chi connectivity index (χ0) is 14.4. The number of nitrogens with zero attached hydrogens (tertiary/aromatic N) is 3. The molecule has 2 aromatic rings. The molecular formula is C15H16N4O. The summed E-state index contributed by atoms with van der Waals surface area (Å²) >= 11 is 0. The Morgan fingerprint density at radius 2 is 2.20 bits per heavy atom. The molecule has 2 heterocycles. The molecule has 0 aromatic carbocycles. The van der Waals surface area contributed by atoms with Gasteiger partial charge in [-0.1, -0.05) is 6.07 Å². The maximum atomic E-state index is 9.11. The second-order valence-electron chi connectivity index (χ2n) is 4.36. The minimum Gasteiger partial charge on any atom is -0.467 e. The third kappa shape index (κ3) is 3.31. The zero-order valence-corrected chi connectivity index (χ0v) is 11.3. The van der Waals surface area contributed by atoms with Crippen LogP contribution in [0.4, 0.5) is 0 Å². The van der Waals surface area contributed by atoms with Crippen LogP contribution in [-0.2, 0) is 0 Å². The number of rotatable bonds is 5. The van der Waals surface area contributed by atoms with E-state index in [-0.39, 0.29) is 6.10 Å². The van der Waals surface area contributed by atoms with E-state index in [4.69, 9.17) is 15.7 Å². The van der Waals surface area contributed by atoms with Gasteiger partial charge in [0.15, 0.2) is 0 Å². The Morgan fingerprint density at radius 3 is 2.85 bits per heavy atom. The Bertz CT molecular complexity index is 607. The van der Waals surface area contributed by atoms with Crippen molar-refractivity contribution in [2.45, 2.75) is 19.4 Å². The van der Waals surface area contributed by atoms with E-state index >= 15 is 0 Å². The van der Waals surface area contributed by atoms with Crippen LogP contribution >= 0.6 is 0 Å². The number of ether oxygens (including phenoxy) is 1. The molecule has 0 saturated carbocycles. The number of aromatic nitrogens is 2. The summed E-state index contributed by atoms with van der Waals surface area (Å²) in [6.07, 6.45) is 2.01. The Labute approximate surface area is 118 Å². The fraction of sp³-hybridized carbons (Fsp3) is 0.267. The van der Waals surface area contributed by atoms with Crippen LogP contribution in [0.15, 0.2) is 36.5 Å². The minimum atomic E-state index is -0.303. The van der Waals surface area contributed by atoms with E-state index in [1.165, 1.54) is 0 Å². The van der Waals surface area contributed by atoms with Gasteiger partial charge in [-0.15, -0.1) is 0 Å². The number of hydrogen-bond acceptors (Lipinski definition) is 5. The standard InChI is InChI=1S/C15H16N4O/c1-11-5-6-12(10-17)15(19-11)20-14(7-8-16)13-4-2-3-9-18-13/h2-6,9,14H,7-8,16H2,1H3. The minimum absolute atomic E-state index is 0.303. The van der Waals surface area contributed by atoms with E-state index in [0.29, 0.717) is 24.4 Å². The maximum Gasteiger partial charge on any atom is 0.232 e. The topological polar surface area (TPSA) is 84.8 Å². The van der Waals surface area contributed by atoms with E-state index < -0.39 is 0 Å². The molecule has 102 valence electrons. The van der Waals surface area contributed by atoms with Crippen LogP contribution in [-0.4, -0.2) is 16.5 Å². The van der Waals surface area contributed by atoms with Crippen LogP contribution in [0.1, 0.15) is 29.5 Å². The van der Waals surface area contributed by atoms with Crippen molar-refractivity contribution in [1.82, 2.24) is 9.97 Å². The molecule has 0 aliphatic heterocycles. The van der Waals surface area contributed by atoms with Gasteiger partial charge in [0.05, 0.1) is 5.69 Å². The van der Waals surface area contributed by atoms with Gasteiger partial charge in [0.25, 0.3) is 0 Å². The highest BCUT2D eigenvalue weighted by Gasteiger charge is 2.17. The summed E-state index contributed by atoms with van der Waals surface area (Å²) < 4.78 is 5.87. The largest absolute Gasteiger partial charge is 0.467 e. The Morgan fingerprint density at radius 1 is 1.35 bits per heavy atom. The first-order valence-electron chi connectivity index (χ1n) is 6.40. The van der Waals surface area contributed by atoms with Crippen LogP contribution in [0.2, 0.25) is 0 Å². The second-order valence-corrected chi connectivity index (χ2v) is 4.36. The molecule has 0 amide bonds. The molecule has 0 bridgehead atoms. The lowest BCUT2D eigenvalue weighted by Crippen LogP contribution is -2.15. The van der Waals surface area contributed by atoms with E-state index in [1.54, 1.807) is 18.3 Å². The number of nitriles is 1. The highest BCUT2D eigenvalue weighted by molar-refractivity contribution is 5.38. The molecule has 2 N–H and O–H groups in total. The molecule has 0 spiro atoms. The van der Waals surface area contributed by atoms with Gasteiger partial charge >= 0.3 is 0 Å². The molecular weight excluding hydrogens is 252 g/mol. The molecule has 0 aliphatic rings. The van der Waals surface area contributed by atoms with Crippen molar-refractivity contribution in [3.63, 3.8) is 0 Å². The third-order valence-corrected chi connectivity index (χ3v) is 2.82. The molecule has 0 saturated heterocycles. The molecule has 1 atom stereocenters. The zero-order valence-electron chi connectivity index (χ0n) is 11.3. The van der Waals surface area contributed by atoms with E-state index in [2.05, 4.69) is 16.0 Å². The van der Waals surface area contributed by atoms with Crippen molar-refractivity contribution in [2.24, 2.45) is 5.73 Å². The average Bonchev–Trinajstić information content (AvgIpc) is 2.48. The average molecular weight is 268 g/mol. The summed E-state index contributed by atoms with van der Waals surface area (Å²) in [6, 6.07) is 11.2. The monoisotopic (exact) mass is 268 g/mol. The highest BCUT2D eigenvalue weighted by Crippen LogP contribution is 2.24. The molecule has 20 heavy (non-hydrogen) atoms. The summed E-state index contributed by atoms with van der Waals surface area (Å²) in [7, 11) is 0. The fourth-order valence-electron chi connectivity index (χ4n) is 1.83. The predicted octanol–water partition coefficient (Wildman–Crippen LogP) is 2.13. The van der Waals surface area contributed by atoms with Crippen molar-refractivity contribution in [3.8, 4) is 11.9 Å². The van der Waals surface area contributed by atoms with Crippen molar-refractivity contribution in [1.29, 1.82) is 5.26 Å². The normalized spacial score (nSPS) is 11.7. The Balaban J connectivity index is 2.29. The Hall–Kier alpha value is -2.45. The first-order valence-corrected chi connectivity index (χ1v) is 6.40. The number of pyridine rings is 2. The highest BCUT2D eigenvalue weighted by atomic mass is 16.5. The Kier molecular flexibility index (Phi) is 4.64. The maximum absolute atomic E-state index is 9.11. The van der Waals surface area contributed by atoms with Crippen LogP contribution in [0, 0.1) is 18.3 Å². The first-order chi connectivity index (χ1) is 9.74. The van der Waals surface area contributed by atoms with Gasteiger partial charge in [-0.2, -0.15) is 5.26 Å². The number of aryl methyl sites for hydroxylation is 1. The van der Waals surface area contributed by atoms with Gasteiger partial charge in [0.1, 0.15) is 17.7 Å². The van der Waals surface area contributed by atoms with Crippen LogP contribution in [0.5, 0.6) is 5.88 Å². The van der Waals surface area contributed by atoms with E-state index in [9.17, 15) is 0 Å². The lowest BCUT2D eigenvalue weighted by atomic mass is 10.1. The smallest absolute Gasteiger partial charge is 0.232 e. The summed E-state index contributed by atoms with van der Waals surface area (Å²) in [5.41, 5.74) is 7.62. The molecule has 5 nitrogen and oxygen atoms in total. The van der Waals surface area contributed by atoms with Crippen molar-refractivity contribution in [2.75, 3.05) is 6.54 Å². The number of hydrogen-bond donors (Lipinski definition) is 1. The lowest BCUT2D eigenvalue weighted by molar-refractivity contribution is 0.184. The van der Waals surface area contributed by atoms with Gasteiger partial charge in [-0.3, -0.25) is 4.98 Å². The van der Waals surface area contributed by atoms with E-state index in [1.807, 2.05) is 25.1 Å². The second kappa shape index (κ2) is 6.64.